The second-order valence-electron chi connectivity index (χ2n) is 6.25. The molecule has 0 bridgehead atoms. The van der Waals surface area contributed by atoms with E-state index in [0.29, 0.717) is 0 Å². The van der Waals surface area contributed by atoms with E-state index >= 15 is 0 Å². The Morgan fingerprint density at radius 3 is 1.86 bits per heavy atom. The van der Waals surface area contributed by atoms with Gasteiger partial charge in [-0.05, 0) is 0 Å². The molecule has 0 aliphatic rings. The molecule has 0 aromatic heterocycles. The van der Waals surface area contributed by atoms with E-state index in [9.17, 15) is 0 Å². The van der Waals surface area contributed by atoms with Gasteiger partial charge in [0, 0.05) is 0 Å². The molecule has 119 valence electrons. The molecule has 0 aliphatic carbocycles. The maximum absolute atomic E-state index is 5.47. The normalized spacial score (nSPS) is 11.6. The van der Waals surface area contributed by atoms with E-state index in [1.165, 1.54) is 51.8 Å². The van der Waals surface area contributed by atoms with E-state index in [-0.39, 0.29) is 0 Å². The summed E-state index contributed by atoms with van der Waals surface area (Å²) >= 11 is -2.27. The van der Waals surface area contributed by atoms with Crippen molar-refractivity contribution in [3.8, 4) is 5.75 Å². The summed E-state index contributed by atoms with van der Waals surface area (Å²) in [6.07, 6.45) is 8.18. The van der Waals surface area contributed by atoms with Crippen molar-refractivity contribution in [1.29, 1.82) is 0 Å². The average molecular weight is 396 g/mol. The predicted octanol–water partition coefficient (Wildman–Crippen LogP) is 5.55. The molecule has 2 heteroatoms. The van der Waals surface area contributed by atoms with E-state index in [1.807, 2.05) is 6.07 Å². The average Bonchev–Trinajstić information content (AvgIpc) is 2.54. The van der Waals surface area contributed by atoms with Crippen LogP contribution in [0.3, 0.4) is 0 Å². The molecule has 0 heterocycles. The second kappa shape index (κ2) is 10.5. The Morgan fingerprint density at radius 1 is 0.905 bits per heavy atom. The number of unbranched alkanes of at least 4 members (excludes halogenated alkanes) is 3. The van der Waals surface area contributed by atoms with Crippen molar-refractivity contribution in [1.82, 2.24) is 0 Å². The molecule has 0 amide bonds. The van der Waals surface area contributed by atoms with Crippen LogP contribution in [0, 0.1) is 6.07 Å². The summed E-state index contributed by atoms with van der Waals surface area (Å²) in [5.41, 5.74) is 0. The maximum atomic E-state index is 5.47. The van der Waals surface area contributed by atoms with Crippen molar-refractivity contribution in [3.05, 3.63) is 24.3 Å². The molecule has 0 spiro atoms. The van der Waals surface area contributed by atoms with Gasteiger partial charge in [0.15, 0.2) is 0 Å². The van der Waals surface area contributed by atoms with Gasteiger partial charge in [0.2, 0.25) is 0 Å². The van der Waals surface area contributed by atoms with Crippen LogP contribution >= 0.6 is 0 Å². The van der Waals surface area contributed by atoms with Gasteiger partial charge in [0.25, 0.3) is 0 Å². The summed E-state index contributed by atoms with van der Waals surface area (Å²) in [5.74, 6) is 0.998. The SMILES string of the molecule is CCC[CH2][Sn]([CH2]CCC)([CH2]CCC)[c]1c[c]cc(OC)c1. The first-order chi connectivity index (χ1) is 10.2. The molecule has 0 N–H and O–H groups in total. The second-order valence-corrected chi connectivity index (χ2v) is 19.5. The minimum absolute atomic E-state index is 0.998. The molecule has 1 radical (unpaired) electrons. The summed E-state index contributed by atoms with van der Waals surface area (Å²) < 4.78 is 11.6. The van der Waals surface area contributed by atoms with Gasteiger partial charge in [0.05, 0.1) is 0 Å². The van der Waals surface area contributed by atoms with E-state index in [4.69, 9.17) is 4.74 Å². The molecule has 0 saturated carbocycles. The van der Waals surface area contributed by atoms with Gasteiger partial charge in [-0.25, -0.2) is 0 Å². The standard InChI is InChI=1S/C7H6O.3C4H9.Sn/c1-8-7-5-3-2-4-6-7;3*1-3-4-2;/h2,5-6H,1H3;3*1,3-4H2,2H3;. The van der Waals surface area contributed by atoms with Crippen LogP contribution < -0.4 is 8.32 Å². The summed E-state index contributed by atoms with van der Waals surface area (Å²) in [7, 11) is 1.77. The van der Waals surface area contributed by atoms with Gasteiger partial charge >= 0.3 is 136 Å². The van der Waals surface area contributed by atoms with Gasteiger partial charge < -0.3 is 0 Å². The Morgan fingerprint density at radius 2 is 1.43 bits per heavy atom. The van der Waals surface area contributed by atoms with Gasteiger partial charge in [-0.15, -0.1) is 0 Å². The molecule has 0 atom stereocenters. The molecule has 0 aliphatic heterocycles. The summed E-state index contributed by atoms with van der Waals surface area (Å²) in [5, 5.41) is 0. The van der Waals surface area contributed by atoms with Crippen molar-refractivity contribution < 1.29 is 4.74 Å². The summed E-state index contributed by atoms with van der Waals surface area (Å²) in [6.45, 7) is 6.98. The molecule has 0 saturated heterocycles. The van der Waals surface area contributed by atoms with Crippen LogP contribution in [0.2, 0.25) is 13.3 Å². The molecule has 0 fully saturated rings. The Balaban J connectivity index is 3.09. The zero-order valence-electron chi connectivity index (χ0n) is 14.5. The number of hydrogen-bond donors (Lipinski definition) is 0. The van der Waals surface area contributed by atoms with Crippen molar-refractivity contribution in [2.45, 2.75) is 72.6 Å². The molecule has 1 rings (SSSR count). The third-order valence-corrected chi connectivity index (χ3v) is 20.2. The fraction of sp³-hybridized carbons (Fsp3) is 0.684. The predicted molar refractivity (Wildman–Crippen MR) is 96.4 cm³/mol. The Bertz CT molecular complexity index is 367. The minimum atomic E-state index is -2.27. The monoisotopic (exact) mass is 397 g/mol. The van der Waals surface area contributed by atoms with Crippen molar-refractivity contribution in [2.24, 2.45) is 0 Å². The van der Waals surface area contributed by atoms with E-state index < -0.39 is 18.4 Å². The number of benzene rings is 1. The fourth-order valence-electron chi connectivity index (χ4n) is 3.23. The zero-order chi connectivity index (χ0) is 15.6. The van der Waals surface area contributed by atoms with E-state index in [0.717, 1.165) is 5.75 Å². The third-order valence-electron chi connectivity index (χ3n) is 4.64. The first-order valence-corrected chi connectivity index (χ1v) is 16.3. The quantitative estimate of drug-likeness (QED) is 0.446. The number of ether oxygens (including phenoxy) is 1. The van der Waals surface area contributed by atoms with Gasteiger partial charge in [-0.2, -0.15) is 0 Å². The van der Waals surface area contributed by atoms with Gasteiger partial charge in [0.1, 0.15) is 0 Å². The summed E-state index contributed by atoms with van der Waals surface area (Å²) in [6, 6.07) is 9.95. The Kier molecular flexibility index (Phi) is 9.46. The molecule has 1 aromatic rings. The van der Waals surface area contributed by atoms with Crippen LogP contribution in [-0.2, 0) is 0 Å². The summed E-state index contributed by atoms with van der Waals surface area (Å²) in [4.78, 5) is 0. The van der Waals surface area contributed by atoms with Crippen molar-refractivity contribution in [2.75, 3.05) is 7.11 Å². The molecular formula is C19H33OSn. The first kappa shape index (κ1) is 18.9. The first-order valence-electron chi connectivity index (χ1n) is 8.78. The van der Waals surface area contributed by atoms with Crippen LogP contribution in [0.5, 0.6) is 5.75 Å². The van der Waals surface area contributed by atoms with Crippen molar-refractivity contribution >= 4 is 22.0 Å². The molecule has 1 nitrogen and oxygen atoms in total. The van der Waals surface area contributed by atoms with Crippen LogP contribution in [-0.4, -0.2) is 25.5 Å². The van der Waals surface area contributed by atoms with Crippen LogP contribution in [0.25, 0.3) is 0 Å². The molecule has 0 unspecified atom stereocenters. The van der Waals surface area contributed by atoms with E-state index in [1.54, 1.807) is 10.7 Å². The van der Waals surface area contributed by atoms with Crippen LogP contribution in [0.15, 0.2) is 18.2 Å². The van der Waals surface area contributed by atoms with E-state index in [2.05, 4.69) is 39.0 Å². The topological polar surface area (TPSA) is 9.23 Å². The molecule has 21 heavy (non-hydrogen) atoms. The van der Waals surface area contributed by atoms with Crippen LogP contribution in [0.4, 0.5) is 0 Å². The van der Waals surface area contributed by atoms with Gasteiger partial charge in [-0.1, -0.05) is 0 Å². The van der Waals surface area contributed by atoms with Crippen molar-refractivity contribution in [3.63, 3.8) is 0 Å². The Labute approximate surface area is 136 Å². The molecule has 1 aromatic carbocycles. The fourth-order valence-corrected chi connectivity index (χ4v) is 19.1. The molecular weight excluding hydrogens is 363 g/mol. The Hall–Kier alpha value is -0.181. The third kappa shape index (κ3) is 5.84. The van der Waals surface area contributed by atoms with Crippen LogP contribution in [0.1, 0.15) is 59.3 Å². The zero-order valence-corrected chi connectivity index (χ0v) is 17.4. The van der Waals surface area contributed by atoms with Gasteiger partial charge in [-0.3, -0.25) is 0 Å². The number of rotatable bonds is 11. The number of methoxy groups -OCH3 is 1. The number of hydrogen-bond acceptors (Lipinski definition) is 1.